The van der Waals surface area contributed by atoms with Gasteiger partial charge in [-0.05, 0) is 75.5 Å². The molecule has 1 atom stereocenters. The van der Waals surface area contributed by atoms with Gasteiger partial charge in [0.15, 0.2) is 8.32 Å². The number of carbonyl (C=O) groups excluding carboxylic acids is 1. The van der Waals surface area contributed by atoms with Crippen LogP contribution >= 0.6 is 0 Å². The Morgan fingerprint density at radius 3 is 2.11 bits per heavy atom. The molecule has 0 radical (unpaired) electrons. The first kappa shape index (κ1) is 24.7. The van der Waals surface area contributed by atoms with E-state index in [-0.39, 0.29) is 16.2 Å². The van der Waals surface area contributed by atoms with Crippen LogP contribution in [0.4, 0.5) is 13.2 Å². The van der Waals surface area contributed by atoms with E-state index in [0.29, 0.717) is 12.8 Å². The number of alkyl halides is 3. The van der Waals surface area contributed by atoms with E-state index in [9.17, 15) is 22.8 Å². The molecule has 4 nitrogen and oxygen atoms in total. The SMILES string of the molecule is CC(C)(C)OC(=O)c1cc([C@H](N)CCC(C)(C)[Si](C)(C)O)cc(C(F)(F)F)c1. The number of halogens is 3. The van der Waals surface area contributed by atoms with E-state index in [2.05, 4.69) is 0 Å². The number of hydrogen-bond acceptors (Lipinski definition) is 4. The number of nitrogens with two attached hydrogens (primary N) is 1. The summed E-state index contributed by atoms with van der Waals surface area (Å²) in [4.78, 5) is 22.7. The molecule has 8 heteroatoms. The van der Waals surface area contributed by atoms with Crippen LogP contribution in [-0.4, -0.2) is 24.7 Å². The zero-order chi connectivity index (χ0) is 22.1. The smallest absolute Gasteiger partial charge is 0.416 e. The van der Waals surface area contributed by atoms with E-state index in [0.717, 1.165) is 12.1 Å². The van der Waals surface area contributed by atoms with Gasteiger partial charge in [0.1, 0.15) is 5.60 Å². The molecule has 0 heterocycles. The molecule has 0 aliphatic heterocycles. The predicted octanol–water partition coefficient (Wildman–Crippen LogP) is 5.42. The molecule has 160 valence electrons. The maximum absolute atomic E-state index is 13.3. The van der Waals surface area contributed by atoms with Crippen LogP contribution in [0.1, 0.15) is 75.0 Å². The minimum Gasteiger partial charge on any atom is -0.456 e. The molecule has 0 saturated carbocycles. The molecule has 1 aromatic carbocycles. The molecular weight excluding hydrogens is 387 g/mol. The molecule has 0 amide bonds. The predicted molar refractivity (Wildman–Crippen MR) is 107 cm³/mol. The second kappa shape index (κ2) is 8.16. The highest BCUT2D eigenvalue weighted by atomic mass is 28.4. The molecular formula is C20H32F3NO3Si. The summed E-state index contributed by atoms with van der Waals surface area (Å²) in [6, 6.07) is 2.44. The van der Waals surface area contributed by atoms with Gasteiger partial charge in [-0.1, -0.05) is 13.8 Å². The minimum absolute atomic E-state index is 0.175. The summed E-state index contributed by atoms with van der Waals surface area (Å²) < 4.78 is 45.2. The standard InChI is InChI=1S/C20H32F3NO3Si/c1-18(2,3)27-17(25)14-10-13(11-15(12-14)20(21,22)23)16(24)8-9-19(4,5)28(6,7)26/h10-12,16,26H,8-9,24H2,1-7H3/t16-/m1/s1. The molecule has 1 aromatic rings. The van der Waals surface area contributed by atoms with E-state index in [1.54, 1.807) is 20.8 Å². The summed E-state index contributed by atoms with van der Waals surface area (Å²) in [5.74, 6) is -0.823. The monoisotopic (exact) mass is 419 g/mol. The fourth-order valence-electron chi connectivity index (χ4n) is 2.47. The Bertz CT molecular complexity index is 704. The lowest BCUT2D eigenvalue weighted by molar-refractivity contribution is -0.137. The first-order valence-corrected chi connectivity index (χ1v) is 12.2. The van der Waals surface area contributed by atoms with Crippen LogP contribution in [0.25, 0.3) is 0 Å². The lowest BCUT2D eigenvalue weighted by atomic mass is 9.94. The average Bonchev–Trinajstić information content (AvgIpc) is 2.48. The number of hydrogen-bond donors (Lipinski definition) is 2. The fraction of sp³-hybridized carbons (Fsp3) is 0.650. The van der Waals surface area contributed by atoms with Gasteiger partial charge < -0.3 is 15.3 Å². The van der Waals surface area contributed by atoms with Gasteiger partial charge in [-0.15, -0.1) is 0 Å². The van der Waals surface area contributed by atoms with Crippen molar-refractivity contribution in [3.63, 3.8) is 0 Å². The lowest BCUT2D eigenvalue weighted by Gasteiger charge is -2.35. The molecule has 3 N–H and O–H groups in total. The molecule has 0 aliphatic rings. The number of benzene rings is 1. The van der Waals surface area contributed by atoms with Gasteiger partial charge in [-0.25, -0.2) is 4.79 Å². The molecule has 28 heavy (non-hydrogen) atoms. The van der Waals surface area contributed by atoms with E-state index in [1.807, 2.05) is 26.9 Å². The van der Waals surface area contributed by atoms with Crippen LogP contribution in [0.2, 0.25) is 18.1 Å². The topological polar surface area (TPSA) is 72.5 Å². The van der Waals surface area contributed by atoms with Crippen molar-refractivity contribution < 1.29 is 27.5 Å². The van der Waals surface area contributed by atoms with E-state index in [4.69, 9.17) is 10.5 Å². The number of ether oxygens (including phenoxy) is 1. The van der Waals surface area contributed by atoms with Gasteiger partial charge in [-0.3, -0.25) is 0 Å². The Kier molecular flexibility index (Phi) is 7.18. The number of esters is 1. The fourth-order valence-corrected chi connectivity index (χ4v) is 3.23. The Labute approximate surface area is 166 Å². The van der Waals surface area contributed by atoms with Crippen molar-refractivity contribution in [1.82, 2.24) is 0 Å². The first-order valence-electron chi connectivity index (χ1n) is 9.27. The van der Waals surface area contributed by atoms with Gasteiger partial charge in [0, 0.05) is 6.04 Å². The van der Waals surface area contributed by atoms with Crippen molar-refractivity contribution in [2.75, 3.05) is 0 Å². The number of rotatable bonds is 6. The third-order valence-electron chi connectivity index (χ3n) is 5.08. The summed E-state index contributed by atoms with van der Waals surface area (Å²) in [5, 5.41) is -0.347. The molecule has 0 fully saturated rings. The Morgan fingerprint density at radius 2 is 1.68 bits per heavy atom. The van der Waals surface area contributed by atoms with Gasteiger partial charge in [0.05, 0.1) is 11.1 Å². The maximum atomic E-state index is 13.3. The summed E-state index contributed by atoms with van der Waals surface area (Å²) >= 11 is 0. The second-order valence-corrected chi connectivity index (χ2v) is 13.9. The Balaban J connectivity index is 3.20. The highest BCUT2D eigenvalue weighted by molar-refractivity contribution is 6.72. The highest BCUT2D eigenvalue weighted by Crippen LogP contribution is 2.41. The van der Waals surface area contributed by atoms with Crippen molar-refractivity contribution in [3.8, 4) is 0 Å². The Hall–Kier alpha value is -1.38. The quantitative estimate of drug-likeness (QED) is 0.477. The largest absolute Gasteiger partial charge is 0.456 e. The molecule has 1 rings (SSSR count). The lowest BCUT2D eigenvalue weighted by Crippen LogP contribution is -2.39. The van der Waals surface area contributed by atoms with Gasteiger partial charge in [0.25, 0.3) is 0 Å². The van der Waals surface area contributed by atoms with Crippen molar-refractivity contribution >= 4 is 14.3 Å². The van der Waals surface area contributed by atoms with Crippen LogP contribution in [0.3, 0.4) is 0 Å². The second-order valence-electron chi connectivity index (χ2n) is 9.43. The normalized spacial score (nSPS) is 14.7. The van der Waals surface area contributed by atoms with Crippen LogP contribution in [-0.2, 0) is 10.9 Å². The summed E-state index contributed by atoms with van der Waals surface area (Å²) in [6.45, 7) is 12.5. The van der Waals surface area contributed by atoms with Crippen molar-refractivity contribution in [3.05, 3.63) is 34.9 Å². The van der Waals surface area contributed by atoms with Crippen LogP contribution in [0.15, 0.2) is 18.2 Å². The van der Waals surface area contributed by atoms with E-state index >= 15 is 0 Å². The molecule has 0 aromatic heterocycles. The van der Waals surface area contributed by atoms with E-state index in [1.165, 1.54) is 6.07 Å². The molecule has 0 aliphatic carbocycles. The highest BCUT2D eigenvalue weighted by Gasteiger charge is 2.38. The summed E-state index contributed by atoms with van der Waals surface area (Å²) in [7, 11) is -2.46. The van der Waals surface area contributed by atoms with Crippen LogP contribution in [0.5, 0.6) is 0 Å². The van der Waals surface area contributed by atoms with Gasteiger partial charge in [-0.2, -0.15) is 13.2 Å². The number of carbonyl (C=O) groups is 1. The van der Waals surface area contributed by atoms with Crippen LogP contribution in [0, 0.1) is 0 Å². The third-order valence-corrected chi connectivity index (χ3v) is 8.64. The summed E-state index contributed by atoms with van der Waals surface area (Å²) in [5.41, 5.74) is 4.46. The van der Waals surface area contributed by atoms with Gasteiger partial charge >= 0.3 is 12.1 Å². The molecule has 0 spiro atoms. The summed E-state index contributed by atoms with van der Waals surface area (Å²) in [6.07, 6.45) is -3.66. The average molecular weight is 420 g/mol. The zero-order valence-electron chi connectivity index (χ0n) is 17.7. The maximum Gasteiger partial charge on any atom is 0.416 e. The molecule has 0 unspecified atom stereocenters. The van der Waals surface area contributed by atoms with Crippen molar-refractivity contribution in [1.29, 1.82) is 0 Å². The van der Waals surface area contributed by atoms with Crippen molar-refractivity contribution in [2.45, 2.75) is 83.4 Å². The van der Waals surface area contributed by atoms with Gasteiger partial charge in [0.2, 0.25) is 0 Å². The minimum atomic E-state index is -4.61. The van der Waals surface area contributed by atoms with Crippen LogP contribution < -0.4 is 5.73 Å². The third kappa shape index (κ3) is 6.90. The van der Waals surface area contributed by atoms with Crippen molar-refractivity contribution in [2.24, 2.45) is 5.73 Å². The zero-order valence-corrected chi connectivity index (χ0v) is 18.7. The Morgan fingerprint density at radius 1 is 1.14 bits per heavy atom. The van der Waals surface area contributed by atoms with E-state index < -0.39 is 37.7 Å². The first-order chi connectivity index (χ1) is 12.3. The molecule has 0 bridgehead atoms. The molecule has 0 saturated heterocycles.